The van der Waals surface area contributed by atoms with Crippen molar-refractivity contribution in [2.24, 2.45) is 5.41 Å². The van der Waals surface area contributed by atoms with Gasteiger partial charge in [0.1, 0.15) is 11.8 Å². The second kappa shape index (κ2) is 6.39. The van der Waals surface area contributed by atoms with Crippen LogP contribution in [0.5, 0.6) is 0 Å². The molecule has 1 amide bonds. The summed E-state index contributed by atoms with van der Waals surface area (Å²) in [6, 6.07) is 3.52. The van der Waals surface area contributed by atoms with E-state index in [0.29, 0.717) is 30.8 Å². The minimum atomic E-state index is -0.110. The molecule has 1 heterocycles. The lowest BCUT2D eigenvalue weighted by Gasteiger charge is -2.29. The average molecular weight is 263 g/mol. The predicted octanol–water partition coefficient (Wildman–Crippen LogP) is 1.76. The summed E-state index contributed by atoms with van der Waals surface area (Å²) in [5.41, 5.74) is 0.847. The molecule has 0 radical (unpaired) electrons. The number of carbonyl (C=O) groups excluding carboxylic acids is 1. The Morgan fingerprint density at radius 2 is 2.21 bits per heavy atom. The van der Waals surface area contributed by atoms with Gasteiger partial charge in [-0.3, -0.25) is 4.79 Å². The molecule has 0 aliphatic carbocycles. The molecule has 5 heteroatoms. The maximum atomic E-state index is 12.4. The van der Waals surface area contributed by atoms with Gasteiger partial charge >= 0.3 is 0 Å². The number of hydrogen-bond donors (Lipinski definition) is 2. The van der Waals surface area contributed by atoms with Crippen LogP contribution in [0.3, 0.4) is 0 Å². The standard InChI is InChI=1S/C14H21N3O2/c1-14(2,3)10-17(5-4-6-18)13(19)11-7-12(8-15)16-9-11/h7,9,16,18H,4-6,10H2,1-3H3. The van der Waals surface area contributed by atoms with Gasteiger partial charge < -0.3 is 15.0 Å². The summed E-state index contributed by atoms with van der Waals surface area (Å²) in [4.78, 5) is 16.8. The number of aromatic amines is 1. The zero-order valence-corrected chi connectivity index (χ0v) is 11.7. The van der Waals surface area contributed by atoms with Crippen molar-refractivity contribution < 1.29 is 9.90 Å². The number of aromatic nitrogens is 1. The number of carbonyl (C=O) groups is 1. The molecule has 0 aliphatic heterocycles. The lowest BCUT2D eigenvalue weighted by atomic mass is 9.95. The maximum absolute atomic E-state index is 12.4. The molecular weight excluding hydrogens is 242 g/mol. The van der Waals surface area contributed by atoms with Crippen molar-refractivity contribution in [3.8, 4) is 6.07 Å². The maximum Gasteiger partial charge on any atom is 0.255 e. The fourth-order valence-corrected chi connectivity index (χ4v) is 1.85. The van der Waals surface area contributed by atoms with Gasteiger partial charge in [0.05, 0.1) is 5.56 Å². The Hall–Kier alpha value is -1.80. The highest BCUT2D eigenvalue weighted by Gasteiger charge is 2.22. The van der Waals surface area contributed by atoms with Crippen LogP contribution in [0.25, 0.3) is 0 Å². The van der Waals surface area contributed by atoms with Gasteiger partial charge in [0.2, 0.25) is 0 Å². The largest absolute Gasteiger partial charge is 0.396 e. The molecule has 1 aromatic heterocycles. The molecule has 0 bridgehead atoms. The lowest BCUT2D eigenvalue weighted by molar-refractivity contribution is 0.0682. The number of aliphatic hydroxyl groups is 1. The van der Waals surface area contributed by atoms with E-state index < -0.39 is 0 Å². The summed E-state index contributed by atoms with van der Waals surface area (Å²) in [5, 5.41) is 17.7. The van der Waals surface area contributed by atoms with E-state index in [1.165, 1.54) is 0 Å². The molecule has 0 unspecified atom stereocenters. The topological polar surface area (TPSA) is 80.1 Å². The SMILES string of the molecule is CC(C)(C)CN(CCCO)C(=O)c1c[nH]c(C#N)c1. The highest BCUT2D eigenvalue weighted by molar-refractivity contribution is 5.94. The van der Waals surface area contributed by atoms with Gasteiger partial charge in [-0.15, -0.1) is 0 Å². The molecule has 1 rings (SSSR count). The number of hydrogen-bond acceptors (Lipinski definition) is 3. The summed E-state index contributed by atoms with van der Waals surface area (Å²) in [6.07, 6.45) is 2.10. The molecule has 104 valence electrons. The van der Waals surface area contributed by atoms with Gasteiger partial charge in [0, 0.05) is 25.9 Å². The molecule has 5 nitrogen and oxygen atoms in total. The van der Waals surface area contributed by atoms with E-state index in [-0.39, 0.29) is 17.9 Å². The van der Waals surface area contributed by atoms with Crippen molar-refractivity contribution in [1.29, 1.82) is 5.26 Å². The van der Waals surface area contributed by atoms with Gasteiger partial charge in [-0.2, -0.15) is 5.26 Å². The number of aliphatic hydroxyl groups excluding tert-OH is 1. The van der Waals surface area contributed by atoms with Crippen LogP contribution in [0, 0.1) is 16.7 Å². The van der Waals surface area contributed by atoms with E-state index in [1.54, 1.807) is 17.2 Å². The second-order valence-electron chi connectivity index (χ2n) is 5.78. The van der Waals surface area contributed by atoms with E-state index >= 15 is 0 Å². The van der Waals surface area contributed by atoms with Crippen molar-refractivity contribution in [3.05, 3.63) is 23.5 Å². The minimum Gasteiger partial charge on any atom is -0.396 e. The molecule has 19 heavy (non-hydrogen) atoms. The van der Waals surface area contributed by atoms with Gasteiger partial charge in [0.25, 0.3) is 5.91 Å². The molecule has 0 saturated heterocycles. The molecule has 0 aromatic carbocycles. The predicted molar refractivity (Wildman–Crippen MR) is 72.6 cm³/mol. The molecule has 1 aromatic rings. The van der Waals surface area contributed by atoms with E-state index in [2.05, 4.69) is 25.8 Å². The summed E-state index contributed by atoms with van der Waals surface area (Å²) in [5.74, 6) is -0.110. The van der Waals surface area contributed by atoms with E-state index in [9.17, 15) is 4.79 Å². The van der Waals surface area contributed by atoms with Crippen molar-refractivity contribution in [2.75, 3.05) is 19.7 Å². The van der Waals surface area contributed by atoms with Crippen LogP contribution >= 0.6 is 0 Å². The van der Waals surface area contributed by atoms with Gasteiger partial charge in [0.15, 0.2) is 0 Å². The van der Waals surface area contributed by atoms with Gasteiger partial charge in [-0.25, -0.2) is 0 Å². The molecule has 0 saturated carbocycles. The normalized spacial score (nSPS) is 11.1. The van der Waals surface area contributed by atoms with Crippen molar-refractivity contribution >= 4 is 5.91 Å². The smallest absolute Gasteiger partial charge is 0.255 e. The van der Waals surface area contributed by atoms with Crippen LogP contribution in [0.15, 0.2) is 12.3 Å². The van der Waals surface area contributed by atoms with Crippen LogP contribution < -0.4 is 0 Å². The highest BCUT2D eigenvalue weighted by Crippen LogP contribution is 2.17. The number of nitriles is 1. The monoisotopic (exact) mass is 263 g/mol. The minimum absolute atomic E-state index is 0.0144. The Labute approximate surface area is 113 Å². The summed E-state index contributed by atoms with van der Waals surface area (Å²) in [6.45, 7) is 7.36. The molecular formula is C14H21N3O2. The van der Waals surface area contributed by atoms with Crippen molar-refractivity contribution in [2.45, 2.75) is 27.2 Å². The lowest BCUT2D eigenvalue weighted by Crippen LogP contribution is -2.38. The van der Waals surface area contributed by atoms with Crippen LogP contribution in [0.1, 0.15) is 43.2 Å². The molecule has 0 aliphatic rings. The Morgan fingerprint density at radius 1 is 1.53 bits per heavy atom. The number of amides is 1. The summed E-state index contributed by atoms with van der Waals surface area (Å²) in [7, 11) is 0. The zero-order valence-electron chi connectivity index (χ0n) is 11.7. The Kier molecular flexibility index (Phi) is 5.13. The zero-order chi connectivity index (χ0) is 14.5. The van der Waals surface area contributed by atoms with Crippen LogP contribution in [-0.2, 0) is 0 Å². The van der Waals surface area contributed by atoms with E-state index in [1.807, 2.05) is 6.07 Å². The summed E-state index contributed by atoms with van der Waals surface area (Å²) < 4.78 is 0. The fraction of sp³-hybridized carbons (Fsp3) is 0.571. The second-order valence-corrected chi connectivity index (χ2v) is 5.78. The molecule has 2 N–H and O–H groups in total. The third-order valence-electron chi connectivity index (χ3n) is 2.59. The number of rotatable bonds is 5. The van der Waals surface area contributed by atoms with E-state index in [0.717, 1.165) is 0 Å². The van der Waals surface area contributed by atoms with Crippen LogP contribution in [0.2, 0.25) is 0 Å². The number of nitrogens with zero attached hydrogens (tertiary/aromatic N) is 2. The molecule has 0 fully saturated rings. The van der Waals surface area contributed by atoms with E-state index in [4.69, 9.17) is 10.4 Å². The highest BCUT2D eigenvalue weighted by atomic mass is 16.3. The molecule has 0 atom stereocenters. The quantitative estimate of drug-likeness (QED) is 0.849. The first-order valence-corrected chi connectivity index (χ1v) is 6.36. The van der Waals surface area contributed by atoms with Crippen LogP contribution in [-0.4, -0.2) is 40.6 Å². The fourth-order valence-electron chi connectivity index (χ4n) is 1.85. The number of nitrogens with one attached hydrogen (secondary N) is 1. The third-order valence-corrected chi connectivity index (χ3v) is 2.59. The van der Waals surface area contributed by atoms with Gasteiger partial charge in [-0.1, -0.05) is 20.8 Å². The number of H-pyrrole nitrogens is 1. The Balaban J connectivity index is 2.84. The summed E-state index contributed by atoms with van der Waals surface area (Å²) >= 11 is 0. The first-order valence-electron chi connectivity index (χ1n) is 6.36. The Morgan fingerprint density at radius 3 is 2.68 bits per heavy atom. The van der Waals surface area contributed by atoms with Crippen molar-refractivity contribution in [3.63, 3.8) is 0 Å². The first-order chi connectivity index (χ1) is 8.87. The van der Waals surface area contributed by atoms with Gasteiger partial charge in [-0.05, 0) is 17.9 Å². The average Bonchev–Trinajstić information content (AvgIpc) is 2.80. The third kappa shape index (κ3) is 4.76. The first kappa shape index (κ1) is 15.3. The molecule has 0 spiro atoms. The van der Waals surface area contributed by atoms with Crippen LogP contribution in [0.4, 0.5) is 0 Å². The van der Waals surface area contributed by atoms with Crippen molar-refractivity contribution in [1.82, 2.24) is 9.88 Å². The Bertz CT molecular complexity index is 466.